The van der Waals surface area contributed by atoms with Gasteiger partial charge in [-0.1, -0.05) is 77.3 Å². The van der Waals surface area contributed by atoms with E-state index in [0.29, 0.717) is 24.1 Å². The molecule has 0 aliphatic heterocycles. The monoisotopic (exact) mass is 444 g/mol. The second kappa shape index (κ2) is 11.9. The lowest BCUT2D eigenvalue weighted by molar-refractivity contribution is -0.119. The molecule has 0 spiro atoms. The van der Waals surface area contributed by atoms with E-state index in [0.717, 1.165) is 31.2 Å². The fourth-order valence-electron chi connectivity index (χ4n) is 3.45. The molecule has 2 aromatic carbocycles. The maximum atomic E-state index is 13.4. The third-order valence-electron chi connectivity index (χ3n) is 5.60. The number of anilines is 1. The van der Waals surface area contributed by atoms with Crippen molar-refractivity contribution < 1.29 is 13.2 Å². The molecule has 1 unspecified atom stereocenters. The first-order valence-corrected chi connectivity index (χ1v) is 12.7. The molecule has 0 aliphatic rings. The Morgan fingerprint density at radius 1 is 1.00 bits per heavy atom. The lowest BCUT2D eigenvalue weighted by Crippen LogP contribution is -2.42. The number of carbonyl (C=O) groups is 1. The van der Waals surface area contributed by atoms with Gasteiger partial charge in [-0.05, 0) is 48.1 Å². The van der Waals surface area contributed by atoms with E-state index < -0.39 is 10.0 Å². The molecule has 170 valence electrons. The summed E-state index contributed by atoms with van der Waals surface area (Å²) >= 11 is 0. The molecule has 2 rings (SSSR count). The highest BCUT2D eigenvalue weighted by atomic mass is 32.2. The Kier molecular flexibility index (Phi) is 9.56. The van der Waals surface area contributed by atoms with Crippen LogP contribution in [-0.4, -0.2) is 27.4 Å². The predicted octanol–water partition coefficient (Wildman–Crippen LogP) is 5.34. The number of hydrogen-bond acceptors (Lipinski definition) is 3. The van der Waals surface area contributed by atoms with Crippen LogP contribution in [0.25, 0.3) is 0 Å². The van der Waals surface area contributed by atoms with E-state index in [4.69, 9.17) is 0 Å². The molecule has 0 saturated heterocycles. The second-order valence-electron chi connectivity index (χ2n) is 8.29. The molecule has 1 N–H and O–H groups in total. The molecule has 0 bridgehead atoms. The zero-order valence-electron chi connectivity index (χ0n) is 19.2. The van der Waals surface area contributed by atoms with Crippen LogP contribution in [0.2, 0.25) is 0 Å². The van der Waals surface area contributed by atoms with Crippen LogP contribution in [0.1, 0.15) is 64.9 Å². The summed E-state index contributed by atoms with van der Waals surface area (Å²) < 4.78 is 27.9. The van der Waals surface area contributed by atoms with Crippen molar-refractivity contribution in [1.29, 1.82) is 0 Å². The zero-order chi connectivity index (χ0) is 22.9. The van der Waals surface area contributed by atoms with Crippen LogP contribution in [0.15, 0.2) is 59.5 Å². The number of rotatable bonds is 12. The minimum Gasteiger partial charge on any atom is -0.354 e. The van der Waals surface area contributed by atoms with Gasteiger partial charge in [0.1, 0.15) is 6.54 Å². The van der Waals surface area contributed by atoms with E-state index in [1.165, 1.54) is 4.31 Å². The summed E-state index contributed by atoms with van der Waals surface area (Å²) in [5.41, 5.74) is 1.60. The Hall–Kier alpha value is -2.34. The van der Waals surface area contributed by atoms with E-state index in [-0.39, 0.29) is 17.3 Å². The maximum absolute atomic E-state index is 13.4. The van der Waals surface area contributed by atoms with Gasteiger partial charge in [-0.15, -0.1) is 0 Å². The molecule has 31 heavy (non-hydrogen) atoms. The Balaban J connectivity index is 2.25. The van der Waals surface area contributed by atoms with Crippen LogP contribution in [0.4, 0.5) is 5.69 Å². The standard InChI is InChI=1S/C25H36N2O3S/c1-5-7-11-21(6-2)18-26-25(28)19-27(23-16-14-22(15-17-23)20(3)4)31(29,30)24-12-9-8-10-13-24/h8-10,12-17,20-21H,5-7,11,18-19H2,1-4H3,(H,26,28). The van der Waals surface area contributed by atoms with Gasteiger partial charge in [0, 0.05) is 6.54 Å². The lowest BCUT2D eigenvalue weighted by Gasteiger charge is -2.25. The normalized spacial score (nSPS) is 12.5. The highest BCUT2D eigenvalue weighted by Gasteiger charge is 2.27. The number of carbonyl (C=O) groups excluding carboxylic acids is 1. The van der Waals surface area contributed by atoms with Gasteiger partial charge in [0.25, 0.3) is 10.0 Å². The summed E-state index contributed by atoms with van der Waals surface area (Å²) in [6.07, 6.45) is 4.31. The first kappa shape index (κ1) is 24.9. The van der Waals surface area contributed by atoms with Crippen molar-refractivity contribution in [2.45, 2.75) is 64.2 Å². The van der Waals surface area contributed by atoms with Crippen LogP contribution in [-0.2, 0) is 14.8 Å². The third kappa shape index (κ3) is 7.10. The van der Waals surface area contributed by atoms with Gasteiger partial charge < -0.3 is 5.32 Å². The molecule has 1 amide bonds. The molecule has 2 aromatic rings. The predicted molar refractivity (Wildman–Crippen MR) is 128 cm³/mol. The fourth-order valence-corrected chi connectivity index (χ4v) is 4.89. The van der Waals surface area contributed by atoms with Crippen molar-refractivity contribution in [3.63, 3.8) is 0 Å². The fraction of sp³-hybridized carbons (Fsp3) is 0.480. The summed E-state index contributed by atoms with van der Waals surface area (Å²) in [4.78, 5) is 12.9. The molecule has 0 aromatic heterocycles. The molecule has 6 heteroatoms. The quantitative estimate of drug-likeness (QED) is 0.481. The minimum absolute atomic E-state index is 0.171. The van der Waals surface area contributed by atoms with Crippen molar-refractivity contribution in [3.05, 3.63) is 60.2 Å². The minimum atomic E-state index is -3.87. The first-order chi connectivity index (χ1) is 14.8. The van der Waals surface area contributed by atoms with Crippen molar-refractivity contribution in [1.82, 2.24) is 5.32 Å². The third-order valence-corrected chi connectivity index (χ3v) is 7.39. The lowest BCUT2D eigenvalue weighted by atomic mass is 9.99. The summed E-state index contributed by atoms with van der Waals surface area (Å²) in [5, 5.41) is 2.95. The number of unbranched alkanes of at least 4 members (excludes halogenated alkanes) is 1. The number of amides is 1. The van der Waals surface area contributed by atoms with Gasteiger partial charge in [-0.2, -0.15) is 0 Å². The average Bonchev–Trinajstić information content (AvgIpc) is 2.78. The molecule has 5 nitrogen and oxygen atoms in total. The Labute approximate surface area is 187 Å². The number of nitrogens with one attached hydrogen (secondary N) is 1. The number of nitrogens with zero attached hydrogens (tertiary/aromatic N) is 1. The van der Waals surface area contributed by atoms with Crippen molar-refractivity contribution >= 4 is 21.6 Å². The first-order valence-electron chi connectivity index (χ1n) is 11.2. The highest BCUT2D eigenvalue weighted by Crippen LogP contribution is 2.25. The largest absolute Gasteiger partial charge is 0.354 e. The molecular weight excluding hydrogens is 408 g/mol. The molecule has 0 aliphatic carbocycles. The van der Waals surface area contributed by atoms with Crippen molar-refractivity contribution in [2.24, 2.45) is 5.92 Å². The topological polar surface area (TPSA) is 66.5 Å². The van der Waals surface area contributed by atoms with Crippen LogP contribution >= 0.6 is 0 Å². The van der Waals surface area contributed by atoms with Gasteiger partial charge >= 0.3 is 0 Å². The smallest absolute Gasteiger partial charge is 0.264 e. The van der Waals surface area contributed by atoms with Crippen LogP contribution in [0.3, 0.4) is 0 Å². The highest BCUT2D eigenvalue weighted by molar-refractivity contribution is 7.92. The van der Waals surface area contributed by atoms with E-state index >= 15 is 0 Å². The van der Waals surface area contributed by atoms with Gasteiger partial charge in [0.2, 0.25) is 5.91 Å². The van der Waals surface area contributed by atoms with Gasteiger partial charge in [0.15, 0.2) is 0 Å². The maximum Gasteiger partial charge on any atom is 0.264 e. The van der Waals surface area contributed by atoms with Crippen LogP contribution < -0.4 is 9.62 Å². The summed E-state index contributed by atoms with van der Waals surface area (Å²) in [6, 6.07) is 15.7. The number of benzene rings is 2. The molecule has 0 fully saturated rings. The average molecular weight is 445 g/mol. The molecule has 1 atom stereocenters. The second-order valence-corrected chi connectivity index (χ2v) is 10.2. The SMILES string of the molecule is CCCCC(CC)CNC(=O)CN(c1ccc(C(C)C)cc1)S(=O)(=O)c1ccccc1. The van der Waals surface area contributed by atoms with Gasteiger partial charge in [-0.3, -0.25) is 9.10 Å². The van der Waals surface area contributed by atoms with E-state index in [9.17, 15) is 13.2 Å². The van der Waals surface area contributed by atoms with E-state index in [1.54, 1.807) is 42.5 Å². The van der Waals surface area contributed by atoms with Crippen molar-refractivity contribution in [2.75, 3.05) is 17.4 Å². The number of sulfonamides is 1. The Bertz CT molecular complexity index is 910. The zero-order valence-corrected chi connectivity index (χ0v) is 20.0. The van der Waals surface area contributed by atoms with Gasteiger partial charge in [-0.25, -0.2) is 8.42 Å². The van der Waals surface area contributed by atoms with E-state index in [1.807, 2.05) is 12.1 Å². The van der Waals surface area contributed by atoms with Crippen molar-refractivity contribution in [3.8, 4) is 0 Å². The summed E-state index contributed by atoms with van der Waals surface area (Å²) in [6.45, 7) is 8.77. The number of hydrogen-bond donors (Lipinski definition) is 1. The van der Waals surface area contributed by atoms with Crippen LogP contribution in [0, 0.1) is 5.92 Å². The van der Waals surface area contributed by atoms with Gasteiger partial charge in [0.05, 0.1) is 10.6 Å². The van der Waals surface area contributed by atoms with E-state index in [2.05, 4.69) is 33.0 Å². The molecule has 0 heterocycles. The Morgan fingerprint density at radius 2 is 1.65 bits per heavy atom. The summed E-state index contributed by atoms with van der Waals surface area (Å²) in [5.74, 6) is 0.460. The summed E-state index contributed by atoms with van der Waals surface area (Å²) in [7, 11) is -3.87. The molecule has 0 saturated carbocycles. The molecule has 0 radical (unpaired) electrons. The van der Waals surface area contributed by atoms with Crippen LogP contribution in [0.5, 0.6) is 0 Å². The molecular formula is C25H36N2O3S. The Morgan fingerprint density at radius 3 is 2.19 bits per heavy atom.